The fraction of sp³-hybridized carbons (Fsp3) is 0.200. The lowest BCUT2D eigenvalue weighted by atomic mass is 10.3. The summed E-state index contributed by atoms with van der Waals surface area (Å²) in [4.78, 5) is 21.5. The van der Waals surface area contributed by atoms with Crippen LogP contribution in [0.3, 0.4) is 0 Å². The first kappa shape index (κ1) is 13.2. The van der Waals surface area contributed by atoms with E-state index >= 15 is 0 Å². The number of carbonyl (C=O) groups is 2. The first-order valence-corrected chi connectivity index (χ1v) is 5.09. The molecule has 0 heterocycles. The van der Waals surface area contributed by atoms with Gasteiger partial charge in [-0.2, -0.15) is 0 Å². The van der Waals surface area contributed by atoms with Gasteiger partial charge in [0, 0.05) is 6.54 Å². The Morgan fingerprint density at radius 3 is 2.71 bits per heavy atom. The molecule has 3 N–H and O–H groups in total. The minimum absolute atomic E-state index is 0.0484. The molecule has 0 aliphatic heterocycles. The molecule has 0 aliphatic carbocycles. The number of carboxylic acid groups (broad SMARTS) is 1. The summed E-state index contributed by atoms with van der Waals surface area (Å²) in [7, 11) is 0. The van der Waals surface area contributed by atoms with Gasteiger partial charge in [0.1, 0.15) is 5.82 Å². The van der Waals surface area contributed by atoms with E-state index in [-0.39, 0.29) is 23.7 Å². The summed E-state index contributed by atoms with van der Waals surface area (Å²) in [5.74, 6) is -1.69. The van der Waals surface area contributed by atoms with Crippen LogP contribution in [0.25, 0.3) is 0 Å². The van der Waals surface area contributed by atoms with Crippen LogP contribution in [0.2, 0.25) is 5.02 Å². The smallest absolute Gasteiger partial charge is 0.319 e. The molecule has 1 aromatic rings. The number of carbonyl (C=O) groups excluding carboxylic acids is 1. The Morgan fingerprint density at radius 2 is 2.12 bits per heavy atom. The number of benzene rings is 1. The standard InChI is InChI=1S/C10H10ClFN2O3/c11-6-2-1-3-7(12)9(6)14-10(17)13-5-4-8(15)16/h1-3H,4-5H2,(H,15,16)(H2,13,14,17). The van der Waals surface area contributed by atoms with E-state index < -0.39 is 17.8 Å². The number of amides is 2. The maximum absolute atomic E-state index is 13.2. The third kappa shape index (κ3) is 4.28. The van der Waals surface area contributed by atoms with Crippen molar-refractivity contribution in [2.75, 3.05) is 11.9 Å². The first-order chi connectivity index (χ1) is 8.00. The average molecular weight is 261 g/mol. The molecule has 0 saturated heterocycles. The lowest BCUT2D eigenvalue weighted by Gasteiger charge is -2.08. The van der Waals surface area contributed by atoms with Gasteiger partial charge >= 0.3 is 12.0 Å². The van der Waals surface area contributed by atoms with Crippen molar-refractivity contribution in [3.63, 3.8) is 0 Å². The van der Waals surface area contributed by atoms with Crippen molar-refractivity contribution >= 4 is 29.3 Å². The van der Waals surface area contributed by atoms with Crippen LogP contribution in [0.4, 0.5) is 14.9 Å². The minimum atomic E-state index is -1.03. The normalized spacial score (nSPS) is 9.76. The van der Waals surface area contributed by atoms with E-state index in [1.165, 1.54) is 12.1 Å². The predicted molar refractivity (Wildman–Crippen MR) is 60.7 cm³/mol. The lowest BCUT2D eigenvalue weighted by molar-refractivity contribution is -0.136. The van der Waals surface area contributed by atoms with Crippen molar-refractivity contribution in [1.29, 1.82) is 0 Å². The molecule has 0 fully saturated rings. The van der Waals surface area contributed by atoms with E-state index in [0.29, 0.717) is 0 Å². The highest BCUT2D eigenvalue weighted by molar-refractivity contribution is 6.33. The predicted octanol–water partition coefficient (Wildman–Crippen LogP) is 2.08. The molecule has 0 aliphatic rings. The van der Waals surface area contributed by atoms with Crippen molar-refractivity contribution in [1.82, 2.24) is 5.32 Å². The number of para-hydroxylation sites is 1. The fourth-order valence-corrected chi connectivity index (χ4v) is 1.27. The van der Waals surface area contributed by atoms with Gasteiger partial charge in [-0.1, -0.05) is 17.7 Å². The van der Waals surface area contributed by atoms with Gasteiger partial charge in [0.25, 0.3) is 0 Å². The van der Waals surface area contributed by atoms with Gasteiger partial charge in [0.15, 0.2) is 0 Å². The Morgan fingerprint density at radius 1 is 1.41 bits per heavy atom. The van der Waals surface area contributed by atoms with Gasteiger partial charge < -0.3 is 15.7 Å². The Balaban J connectivity index is 2.53. The Hall–Kier alpha value is -1.82. The summed E-state index contributed by atoms with van der Waals surface area (Å²) in [5, 5.41) is 12.9. The van der Waals surface area contributed by atoms with E-state index in [4.69, 9.17) is 16.7 Å². The van der Waals surface area contributed by atoms with Crippen molar-refractivity contribution in [3.8, 4) is 0 Å². The molecule has 0 spiro atoms. The summed E-state index contributed by atoms with van der Waals surface area (Å²) < 4.78 is 13.2. The zero-order valence-corrected chi connectivity index (χ0v) is 9.42. The lowest BCUT2D eigenvalue weighted by Crippen LogP contribution is -2.31. The van der Waals surface area contributed by atoms with Crippen LogP contribution >= 0.6 is 11.6 Å². The Bertz CT molecular complexity index is 419. The number of urea groups is 1. The number of anilines is 1. The third-order valence-electron chi connectivity index (χ3n) is 1.83. The molecule has 0 saturated carbocycles. The molecule has 17 heavy (non-hydrogen) atoms. The van der Waals surface area contributed by atoms with Crippen LogP contribution < -0.4 is 10.6 Å². The number of halogens is 2. The molecule has 92 valence electrons. The third-order valence-corrected chi connectivity index (χ3v) is 2.14. The second-order valence-electron chi connectivity index (χ2n) is 3.12. The van der Waals surface area contributed by atoms with E-state index in [1.807, 2.05) is 0 Å². The van der Waals surface area contributed by atoms with Crippen LogP contribution in [-0.4, -0.2) is 23.7 Å². The van der Waals surface area contributed by atoms with Gasteiger partial charge in [-0.15, -0.1) is 0 Å². The molecule has 7 heteroatoms. The number of rotatable bonds is 4. The Labute approximate surface area is 102 Å². The summed E-state index contributed by atoms with van der Waals surface area (Å²) in [6, 6.07) is 3.28. The zero-order valence-electron chi connectivity index (χ0n) is 8.67. The minimum Gasteiger partial charge on any atom is -0.481 e. The topological polar surface area (TPSA) is 78.4 Å². The van der Waals surface area contributed by atoms with Crippen molar-refractivity contribution in [2.45, 2.75) is 6.42 Å². The highest BCUT2D eigenvalue weighted by atomic mass is 35.5. The van der Waals surface area contributed by atoms with Crippen LogP contribution in [0, 0.1) is 5.82 Å². The number of nitrogens with one attached hydrogen (secondary N) is 2. The number of aliphatic carboxylic acids is 1. The zero-order chi connectivity index (χ0) is 12.8. The largest absolute Gasteiger partial charge is 0.481 e. The van der Waals surface area contributed by atoms with Crippen LogP contribution in [-0.2, 0) is 4.79 Å². The van der Waals surface area contributed by atoms with Crippen molar-refractivity contribution in [3.05, 3.63) is 29.0 Å². The second-order valence-corrected chi connectivity index (χ2v) is 3.53. The summed E-state index contributed by atoms with van der Waals surface area (Å²) in [5.41, 5.74) is -0.137. The van der Waals surface area contributed by atoms with Gasteiger partial charge in [-0.3, -0.25) is 4.79 Å². The molecule has 2 amide bonds. The second kappa shape index (κ2) is 6.05. The molecular weight excluding hydrogens is 251 g/mol. The van der Waals surface area contributed by atoms with Gasteiger partial charge in [-0.05, 0) is 12.1 Å². The Kier molecular flexibility index (Phi) is 4.71. The van der Waals surface area contributed by atoms with Crippen molar-refractivity contribution in [2.24, 2.45) is 0 Å². The number of hydrogen-bond donors (Lipinski definition) is 3. The number of hydrogen-bond acceptors (Lipinski definition) is 2. The van der Waals surface area contributed by atoms with Gasteiger partial charge in [0.2, 0.25) is 0 Å². The quantitative estimate of drug-likeness (QED) is 0.775. The SMILES string of the molecule is O=C(O)CCNC(=O)Nc1c(F)cccc1Cl. The molecule has 1 rings (SSSR count). The van der Waals surface area contributed by atoms with E-state index in [0.717, 1.165) is 6.07 Å². The summed E-state index contributed by atoms with van der Waals surface area (Å²) in [6.45, 7) is -0.0484. The number of carboxylic acids is 1. The van der Waals surface area contributed by atoms with E-state index in [2.05, 4.69) is 10.6 Å². The molecule has 0 radical (unpaired) electrons. The summed E-state index contributed by atoms with van der Waals surface area (Å²) in [6.07, 6.45) is -0.210. The molecule has 0 atom stereocenters. The molecule has 1 aromatic carbocycles. The van der Waals surface area contributed by atoms with E-state index in [9.17, 15) is 14.0 Å². The molecule has 5 nitrogen and oxygen atoms in total. The van der Waals surface area contributed by atoms with Crippen LogP contribution in [0.1, 0.15) is 6.42 Å². The van der Waals surface area contributed by atoms with E-state index in [1.54, 1.807) is 0 Å². The molecule has 0 bridgehead atoms. The maximum Gasteiger partial charge on any atom is 0.319 e. The first-order valence-electron chi connectivity index (χ1n) is 4.71. The highest BCUT2D eigenvalue weighted by Crippen LogP contribution is 2.24. The van der Waals surface area contributed by atoms with Crippen LogP contribution in [0.15, 0.2) is 18.2 Å². The molecular formula is C10H10ClFN2O3. The summed E-state index contributed by atoms with van der Waals surface area (Å²) >= 11 is 5.68. The van der Waals surface area contributed by atoms with Crippen molar-refractivity contribution < 1.29 is 19.1 Å². The van der Waals surface area contributed by atoms with Gasteiger partial charge in [-0.25, -0.2) is 9.18 Å². The van der Waals surface area contributed by atoms with Gasteiger partial charge in [0.05, 0.1) is 17.1 Å². The highest BCUT2D eigenvalue weighted by Gasteiger charge is 2.10. The fourth-order valence-electron chi connectivity index (χ4n) is 1.06. The molecule has 0 aromatic heterocycles. The average Bonchev–Trinajstić information content (AvgIpc) is 2.23. The maximum atomic E-state index is 13.2. The monoisotopic (exact) mass is 260 g/mol. The van der Waals surface area contributed by atoms with Crippen LogP contribution in [0.5, 0.6) is 0 Å². The molecule has 0 unspecified atom stereocenters.